The van der Waals surface area contributed by atoms with Crippen LogP contribution in [0.5, 0.6) is 0 Å². The monoisotopic (exact) mass is 246 g/mol. The molecule has 96 valence electrons. The van der Waals surface area contributed by atoms with Crippen molar-refractivity contribution in [3.8, 4) is 0 Å². The van der Waals surface area contributed by atoms with Gasteiger partial charge in [-0.3, -0.25) is 9.59 Å². The van der Waals surface area contributed by atoms with E-state index in [1.807, 2.05) is 37.3 Å². The molecule has 0 aliphatic rings. The summed E-state index contributed by atoms with van der Waals surface area (Å²) in [5, 5.41) is 0. The number of methoxy groups -OCH3 is 1. The molecule has 18 heavy (non-hydrogen) atoms. The molecule has 0 saturated carbocycles. The van der Waals surface area contributed by atoms with E-state index < -0.39 is 0 Å². The number of carbonyl (C=O) groups excluding carboxylic acids is 2. The molecule has 1 aromatic rings. The van der Waals surface area contributed by atoms with Crippen LogP contribution >= 0.6 is 0 Å². The standard InChI is InChI=1S/C15H18O3/c1-3-7-12(11-15(17)18-2)10-14(16)13-8-5-4-6-9-13/h3-9,12H,10-11H2,1-2H3/b7-3+/t12-/m1/s1. The van der Waals surface area contributed by atoms with Crippen LogP contribution < -0.4 is 0 Å². The summed E-state index contributed by atoms with van der Waals surface area (Å²) in [7, 11) is 1.36. The summed E-state index contributed by atoms with van der Waals surface area (Å²) in [5.74, 6) is -0.350. The van der Waals surface area contributed by atoms with Gasteiger partial charge in [-0.2, -0.15) is 0 Å². The fourth-order valence-corrected chi connectivity index (χ4v) is 1.76. The Morgan fingerprint density at radius 2 is 1.89 bits per heavy atom. The number of carbonyl (C=O) groups is 2. The van der Waals surface area contributed by atoms with Gasteiger partial charge in [0.1, 0.15) is 0 Å². The molecule has 1 rings (SSSR count). The number of ether oxygens (including phenoxy) is 1. The summed E-state index contributed by atoms with van der Waals surface area (Å²) in [6.45, 7) is 1.87. The van der Waals surface area contributed by atoms with Gasteiger partial charge in [0.25, 0.3) is 0 Å². The minimum absolute atomic E-state index is 0.0441. The summed E-state index contributed by atoms with van der Waals surface area (Å²) in [5.41, 5.74) is 0.678. The van der Waals surface area contributed by atoms with Crippen LogP contribution in [0.1, 0.15) is 30.1 Å². The van der Waals surface area contributed by atoms with Crippen LogP contribution in [-0.2, 0) is 9.53 Å². The molecule has 1 aromatic carbocycles. The average Bonchev–Trinajstić information content (AvgIpc) is 2.39. The number of allylic oxidation sites excluding steroid dienone is 2. The first-order valence-electron chi connectivity index (χ1n) is 5.95. The maximum Gasteiger partial charge on any atom is 0.306 e. The van der Waals surface area contributed by atoms with E-state index in [-0.39, 0.29) is 24.1 Å². The van der Waals surface area contributed by atoms with Gasteiger partial charge in [-0.05, 0) is 12.8 Å². The van der Waals surface area contributed by atoms with Gasteiger partial charge in [-0.1, -0.05) is 42.5 Å². The van der Waals surface area contributed by atoms with Crippen LogP contribution in [0.15, 0.2) is 42.5 Å². The molecule has 0 aliphatic heterocycles. The number of ketones is 1. The number of hydrogen-bond acceptors (Lipinski definition) is 3. The van der Waals surface area contributed by atoms with E-state index in [9.17, 15) is 9.59 Å². The molecular weight excluding hydrogens is 228 g/mol. The Kier molecular flexibility index (Phi) is 5.85. The Hall–Kier alpha value is -1.90. The van der Waals surface area contributed by atoms with Gasteiger partial charge in [0.05, 0.1) is 13.5 Å². The third kappa shape index (κ3) is 4.53. The minimum Gasteiger partial charge on any atom is -0.469 e. The fourth-order valence-electron chi connectivity index (χ4n) is 1.76. The summed E-state index contributed by atoms with van der Waals surface area (Å²) in [4.78, 5) is 23.3. The zero-order valence-electron chi connectivity index (χ0n) is 10.8. The Morgan fingerprint density at radius 1 is 1.22 bits per heavy atom. The molecule has 0 aliphatic carbocycles. The van der Waals surface area contributed by atoms with Crippen molar-refractivity contribution >= 4 is 11.8 Å². The molecule has 0 fully saturated rings. The first-order chi connectivity index (χ1) is 8.67. The maximum atomic E-state index is 12.0. The van der Waals surface area contributed by atoms with Crippen LogP contribution in [0.2, 0.25) is 0 Å². The molecule has 3 heteroatoms. The van der Waals surface area contributed by atoms with Crippen molar-refractivity contribution in [3.05, 3.63) is 48.0 Å². The predicted molar refractivity (Wildman–Crippen MR) is 70.3 cm³/mol. The molecule has 0 amide bonds. The first kappa shape index (κ1) is 14.2. The summed E-state index contributed by atoms with van der Waals surface area (Å²) in [6, 6.07) is 9.10. The van der Waals surface area contributed by atoms with Crippen LogP contribution in [0, 0.1) is 5.92 Å². The average molecular weight is 246 g/mol. The molecule has 0 unspecified atom stereocenters. The molecule has 0 saturated heterocycles. The largest absolute Gasteiger partial charge is 0.469 e. The van der Waals surface area contributed by atoms with Crippen LogP contribution in [-0.4, -0.2) is 18.9 Å². The van der Waals surface area contributed by atoms with E-state index in [2.05, 4.69) is 4.74 Å². The lowest BCUT2D eigenvalue weighted by molar-refractivity contribution is -0.141. The SMILES string of the molecule is C/C=C/[C@@H](CC(=O)OC)CC(=O)c1ccccc1. The Labute approximate surface area is 107 Å². The van der Waals surface area contributed by atoms with E-state index in [0.717, 1.165) is 0 Å². The second kappa shape index (κ2) is 7.43. The highest BCUT2D eigenvalue weighted by atomic mass is 16.5. The molecule has 0 aromatic heterocycles. The van der Waals surface area contributed by atoms with Crippen LogP contribution in [0.25, 0.3) is 0 Å². The van der Waals surface area contributed by atoms with E-state index in [1.165, 1.54) is 7.11 Å². The summed E-state index contributed by atoms with van der Waals surface area (Å²) < 4.78 is 4.63. The van der Waals surface area contributed by atoms with Crippen molar-refractivity contribution < 1.29 is 14.3 Å². The molecule has 0 radical (unpaired) electrons. The zero-order chi connectivity index (χ0) is 13.4. The van der Waals surface area contributed by atoms with Gasteiger partial charge >= 0.3 is 5.97 Å². The van der Waals surface area contributed by atoms with E-state index >= 15 is 0 Å². The van der Waals surface area contributed by atoms with Gasteiger partial charge in [0.15, 0.2) is 5.78 Å². The van der Waals surface area contributed by atoms with Crippen LogP contribution in [0.3, 0.4) is 0 Å². The number of rotatable bonds is 6. The van der Waals surface area contributed by atoms with Crippen molar-refractivity contribution in [3.63, 3.8) is 0 Å². The first-order valence-corrected chi connectivity index (χ1v) is 5.95. The minimum atomic E-state index is -0.293. The van der Waals surface area contributed by atoms with Gasteiger partial charge < -0.3 is 4.74 Å². The lowest BCUT2D eigenvalue weighted by atomic mass is 9.95. The Bertz CT molecular complexity index is 421. The zero-order valence-corrected chi connectivity index (χ0v) is 10.8. The number of hydrogen-bond donors (Lipinski definition) is 0. The molecular formula is C15H18O3. The van der Waals surface area contributed by atoms with Crippen LogP contribution in [0.4, 0.5) is 0 Å². The topological polar surface area (TPSA) is 43.4 Å². The van der Waals surface area contributed by atoms with E-state index in [4.69, 9.17) is 0 Å². The van der Waals surface area contributed by atoms with Crippen molar-refractivity contribution in [2.24, 2.45) is 5.92 Å². The molecule has 0 heterocycles. The highest BCUT2D eigenvalue weighted by molar-refractivity contribution is 5.96. The van der Waals surface area contributed by atoms with Gasteiger partial charge in [-0.15, -0.1) is 0 Å². The third-order valence-electron chi connectivity index (χ3n) is 2.66. The lowest BCUT2D eigenvalue weighted by Gasteiger charge is -2.10. The summed E-state index contributed by atoms with van der Waals surface area (Å²) in [6.07, 6.45) is 4.28. The smallest absolute Gasteiger partial charge is 0.306 e. The van der Waals surface area contributed by atoms with E-state index in [0.29, 0.717) is 12.0 Å². The normalized spacial score (nSPS) is 12.3. The Morgan fingerprint density at radius 3 is 2.44 bits per heavy atom. The second-order valence-electron chi connectivity index (χ2n) is 4.06. The molecule has 0 spiro atoms. The molecule has 0 N–H and O–H groups in total. The van der Waals surface area contributed by atoms with Gasteiger partial charge in [-0.25, -0.2) is 0 Å². The predicted octanol–water partition coefficient (Wildman–Crippen LogP) is 3.01. The van der Waals surface area contributed by atoms with Crippen molar-refractivity contribution in [2.75, 3.05) is 7.11 Å². The summed E-state index contributed by atoms with van der Waals surface area (Å²) >= 11 is 0. The fraction of sp³-hybridized carbons (Fsp3) is 0.333. The number of benzene rings is 1. The molecule has 3 nitrogen and oxygen atoms in total. The maximum absolute atomic E-state index is 12.0. The highest BCUT2D eigenvalue weighted by Crippen LogP contribution is 2.15. The molecule has 1 atom stereocenters. The van der Waals surface area contributed by atoms with Crippen molar-refractivity contribution in [2.45, 2.75) is 19.8 Å². The quantitative estimate of drug-likeness (QED) is 0.440. The second-order valence-corrected chi connectivity index (χ2v) is 4.06. The number of Topliss-reactive ketones (excluding diaryl/α,β-unsaturated/α-hetero) is 1. The van der Waals surface area contributed by atoms with Crippen molar-refractivity contribution in [1.29, 1.82) is 0 Å². The lowest BCUT2D eigenvalue weighted by Crippen LogP contribution is -2.12. The third-order valence-corrected chi connectivity index (χ3v) is 2.66. The van der Waals surface area contributed by atoms with Gasteiger partial charge in [0.2, 0.25) is 0 Å². The Balaban J connectivity index is 2.66. The molecule has 0 bridgehead atoms. The van der Waals surface area contributed by atoms with Crippen molar-refractivity contribution in [1.82, 2.24) is 0 Å². The van der Waals surface area contributed by atoms with E-state index in [1.54, 1.807) is 12.1 Å². The van der Waals surface area contributed by atoms with Gasteiger partial charge in [0, 0.05) is 12.0 Å². The number of esters is 1. The highest BCUT2D eigenvalue weighted by Gasteiger charge is 2.16.